The average molecular weight is 369 g/mol. The lowest BCUT2D eigenvalue weighted by molar-refractivity contribution is -0.131. The molecule has 6 nitrogen and oxygen atoms in total. The number of hydrogen-bond donors (Lipinski definition) is 1. The summed E-state index contributed by atoms with van der Waals surface area (Å²) < 4.78 is 16.6. The van der Waals surface area contributed by atoms with Crippen LogP contribution in [0.5, 0.6) is 23.0 Å². The molecule has 2 aromatic rings. The van der Waals surface area contributed by atoms with Crippen molar-refractivity contribution in [3.05, 3.63) is 34.9 Å². The highest BCUT2D eigenvalue weighted by Crippen LogP contribution is 2.54. The second-order valence-electron chi connectivity index (χ2n) is 6.92. The summed E-state index contributed by atoms with van der Waals surface area (Å²) in [6.45, 7) is 2.27. The normalized spacial score (nSPS) is 17.0. The number of nitrogens with zero attached hydrogens (tertiary/aromatic N) is 1. The minimum absolute atomic E-state index is 0.0487. The van der Waals surface area contributed by atoms with Gasteiger partial charge in [-0.05, 0) is 53.3 Å². The predicted molar refractivity (Wildman–Crippen MR) is 101 cm³/mol. The van der Waals surface area contributed by atoms with Crippen molar-refractivity contribution in [2.75, 3.05) is 27.9 Å². The van der Waals surface area contributed by atoms with Gasteiger partial charge in [-0.3, -0.25) is 4.79 Å². The maximum atomic E-state index is 12.3. The van der Waals surface area contributed by atoms with Gasteiger partial charge in [0.15, 0.2) is 23.0 Å². The van der Waals surface area contributed by atoms with E-state index in [9.17, 15) is 9.90 Å². The minimum atomic E-state index is -0.0821. The van der Waals surface area contributed by atoms with Crippen LogP contribution in [0.2, 0.25) is 0 Å². The molecule has 1 unspecified atom stereocenters. The number of carbonyl (C=O) groups is 1. The second-order valence-corrected chi connectivity index (χ2v) is 6.92. The van der Waals surface area contributed by atoms with Crippen LogP contribution in [-0.2, 0) is 17.6 Å². The first-order valence-electron chi connectivity index (χ1n) is 8.95. The summed E-state index contributed by atoms with van der Waals surface area (Å²) >= 11 is 0. The molecular weight excluding hydrogens is 346 g/mol. The first-order valence-corrected chi connectivity index (χ1v) is 8.95. The Balaban J connectivity index is 2.07. The molecule has 1 N–H and O–H groups in total. The SMILES string of the molecule is COc1cc2c(cc1O)CC1c3c(cc(OC)c(OC)c3-2)CCN1C(C)=O. The molecule has 1 amide bonds. The fourth-order valence-corrected chi connectivity index (χ4v) is 4.44. The zero-order chi connectivity index (χ0) is 19.3. The van der Waals surface area contributed by atoms with Crippen molar-refractivity contribution < 1.29 is 24.1 Å². The van der Waals surface area contributed by atoms with E-state index in [4.69, 9.17) is 14.2 Å². The molecule has 0 bridgehead atoms. The molecule has 0 fully saturated rings. The zero-order valence-corrected chi connectivity index (χ0v) is 16.0. The van der Waals surface area contributed by atoms with Gasteiger partial charge < -0.3 is 24.2 Å². The summed E-state index contributed by atoms with van der Waals surface area (Å²) in [6, 6.07) is 5.50. The molecule has 0 radical (unpaired) electrons. The van der Waals surface area contributed by atoms with Crippen molar-refractivity contribution in [2.24, 2.45) is 0 Å². The van der Waals surface area contributed by atoms with E-state index in [1.54, 1.807) is 27.2 Å². The summed E-state index contributed by atoms with van der Waals surface area (Å²) in [6.07, 6.45) is 1.41. The molecule has 2 aromatic carbocycles. The fourth-order valence-electron chi connectivity index (χ4n) is 4.44. The lowest BCUT2D eigenvalue weighted by Gasteiger charge is -2.42. The van der Waals surface area contributed by atoms with E-state index in [-0.39, 0.29) is 17.7 Å². The van der Waals surface area contributed by atoms with E-state index in [0.717, 1.165) is 28.7 Å². The Morgan fingerprint density at radius 2 is 1.81 bits per heavy atom. The number of methoxy groups -OCH3 is 3. The van der Waals surface area contributed by atoms with Crippen LogP contribution >= 0.6 is 0 Å². The highest BCUT2D eigenvalue weighted by Gasteiger charge is 2.39. The highest BCUT2D eigenvalue weighted by atomic mass is 16.5. The number of benzene rings is 2. The van der Waals surface area contributed by atoms with Crippen molar-refractivity contribution in [3.63, 3.8) is 0 Å². The number of carbonyl (C=O) groups excluding carboxylic acids is 1. The third-order valence-electron chi connectivity index (χ3n) is 5.62. The number of aromatic hydroxyl groups is 1. The van der Waals surface area contributed by atoms with E-state index >= 15 is 0 Å². The summed E-state index contributed by atoms with van der Waals surface area (Å²) in [5.74, 6) is 1.85. The quantitative estimate of drug-likeness (QED) is 0.901. The molecule has 6 heteroatoms. The summed E-state index contributed by atoms with van der Waals surface area (Å²) in [5.41, 5.74) is 5.09. The molecule has 27 heavy (non-hydrogen) atoms. The lowest BCUT2D eigenvalue weighted by Crippen LogP contribution is -2.41. The molecule has 0 saturated carbocycles. The highest BCUT2D eigenvalue weighted by molar-refractivity contribution is 5.86. The van der Waals surface area contributed by atoms with Gasteiger partial charge in [0.1, 0.15) is 0 Å². The molecule has 0 spiro atoms. The summed E-state index contributed by atoms with van der Waals surface area (Å²) in [4.78, 5) is 14.2. The van der Waals surface area contributed by atoms with E-state index in [0.29, 0.717) is 30.2 Å². The Morgan fingerprint density at radius 1 is 1.07 bits per heavy atom. The molecule has 1 atom stereocenters. The van der Waals surface area contributed by atoms with Crippen LogP contribution < -0.4 is 14.2 Å². The van der Waals surface area contributed by atoms with Crippen LogP contribution in [0.3, 0.4) is 0 Å². The maximum Gasteiger partial charge on any atom is 0.219 e. The van der Waals surface area contributed by atoms with Crippen molar-refractivity contribution in [2.45, 2.75) is 25.8 Å². The average Bonchev–Trinajstić information content (AvgIpc) is 2.66. The largest absolute Gasteiger partial charge is 0.504 e. The Bertz CT molecular complexity index is 937. The molecular formula is C21H23NO5. The Morgan fingerprint density at radius 3 is 2.44 bits per heavy atom. The maximum absolute atomic E-state index is 12.3. The van der Waals surface area contributed by atoms with Gasteiger partial charge in [-0.1, -0.05) is 0 Å². The van der Waals surface area contributed by atoms with Crippen LogP contribution in [0.25, 0.3) is 11.1 Å². The number of fused-ring (bicyclic) bond motifs is 2. The van der Waals surface area contributed by atoms with Crippen LogP contribution in [0.4, 0.5) is 0 Å². The molecule has 4 rings (SSSR count). The number of amides is 1. The van der Waals surface area contributed by atoms with Gasteiger partial charge in [-0.2, -0.15) is 0 Å². The summed E-state index contributed by atoms with van der Waals surface area (Å²) in [7, 11) is 4.77. The Labute approximate surface area is 158 Å². The van der Waals surface area contributed by atoms with E-state index in [1.807, 2.05) is 17.0 Å². The molecule has 1 heterocycles. The monoisotopic (exact) mass is 369 g/mol. The van der Waals surface area contributed by atoms with Crippen molar-refractivity contribution in [1.82, 2.24) is 4.90 Å². The van der Waals surface area contributed by atoms with Crippen LogP contribution in [0.1, 0.15) is 29.7 Å². The van der Waals surface area contributed by atoms with Gasteiger partial charge in [-0.15, -0.1) is 0 Å². The van der Waals surface area contributed by atoms with E-state index in [2.05, 4.69) is 0 Å². The van der Waals surface area contributed by atoms with Gasteiger partial charge in [0, 0.05) is 19.0 Å². The minimum Gasteiger partial charge on any atom is -0.504 e. The van der Waals surface area contributed by atoms with Gasteiger partial charge in [-0.25, -0.2) is 0 Å². The first-order chi connectivity index (χ1) is 13.0. The van der Waals surface area contributed by atoms with Crippen molar-refractivity contribution in [1.29, 1.82) is 0 Å². The molecule has 142 valence electrons. The number of rotatable bonds is 3. The molecule has 1 aliphatic carbocycles. The number of phenols is 1. The number of hydrogen-bond acceptors (Lipinski definition) is 5. The third-order valence-corrected chi connectivity index (χ3v) is 5.62. The van der Waals surface area contributed by atoms with Crippen LogP contribution in [0, 0.1) is 0 Å². The second kappa shape index (κ2) is 6.37. The van der Waals surface area contributed by atoms with E-state index < -0.39 is 0 Å². The molecule has 2 aliphatic rings. The smallest absolute Gasteiger partial charge is 0.219 e. The first kappa shape index (κ1) is 17.5. The van der Waals surface area contributed by atoms with Gasteiger partial charge in [0.05, 0.1) is 27.4 Å². The molecule has 1 aliphatic heterocycles. The molecule has 0 saturated heterocycles. The standard InChI is InChI=1S/C21H23NO5/c1-11(23)22-6-5-12-9-18(26-3)21(27-4)20-14-10-17(25-2)16(24)8-13(14)7-15(22)19(12)20/h8-10,15,24H,5-7H2,1-4H3. The van der Waals surface area contributed by atoms with Crippen LogP contribution in [0.15, 0.2) is 18.2 Å². The number of ether oxygens (including phenoxy) is 3. The Kier molecular flexibility index (Phi) is 4.13. The number of phenolic OH excluding ortho intramolecular Hbond substituents is 1. The van der Waals surface area contributed by atoms with Crippen LogP contribution in [-0.4, -0.2) is 43.8 Å². The third kappa shape index (κ3) is 2.51. The van der Waals surface area contributed by atoms with Gasteiger partial charge in [0.2, 0.25) is 5.91 Å². The molecule has 0 aromatic heterocycles. The predicted octanol–water partition coefficient (Wildman–Crippen LogP) is 3.09. The lowest BCUT2D eigenvalue weighted by atomic mass is 9.76. The Hall–Kier alpha value is -2.89. The van der Waals surface area contributed by atoms with Crippen molar-refractivity contribution in [3.8, 4) is 34.1 Å². The van der Waals surface area contributed by atoms with E-state index in [1.165, 1.54) is 12.7 Å². The van der Waals surface area contributed by atoms with Crippen molar-refractivity contribution >= 4 is 5.91 Å². The summed E-state index contributed by atoms with van der Waals surface area (Å²) in [5, 5.41) is 10.3. The van der Waals surface area contributed by atoms with Gasteiger partial charge in [0.25, 0.3) is 0 Å². The topological polar surface area (TPSA) is 68.2 Å². The fraction of sp³-hybridized carbons (Fsp3) is 0.381. The van der Waals surface area contributed by atoms with Gasteiger partial charge >= 0.3 is 0 Å². The zero-order valence-electron chi connectivity index (χ0n) is 16.0.